The van der Waals surface area contributed by atoms with E-state index in [2.05, 4.69) is 38.5 Å². The molecule has 25 heavy (non-hydrogen) atoms. The summed E-state index contributed by atoms with van der Waals surface area (Å²) in [7, 11) is 0. The lowest BCUT2D eigenvalue weighted by atomic mass is 10.2. The van der Waals surface area contributed by atoms with Crippen LogP contribution in [0.25, 0.3) is 0 Å². The molecule has 1 aromatic heterocycles. The average Bonchev–Trinajstić information content (AvgIpc) is 3.07. The fourth-order valence-electron chi connectivity index (χ4n) is 3.70. The van der Waals surface area contributed by atoms with Crippen molar-refractivity contribution in [2.24, 2.45) is 16.6 Å². The summed E-state index contributed by atoms with van der Waals surface area (Å²) >= 11 is 0. The van der Waals surface area contributed by atoms with Crippen LogP contribution in [0.3, 0.4) is 0 Å². The zero-order chi connectivity index (χ0) is 17.6. The van der Waals surface area contributed by atoms with Gasteiger partial charge in [0.25, 0.3) is 0 Å². The summed E-state index contributed by atoms with van der Waals surface area (Å²) in [4.78, 5) is 20.3. The fraction of sp³-hybridized carbons (Fsp3) is 0.722. The topological polar surface area (TPSA) is 73.9 Å². The fourth-order valence-corrected chi connectivity index (χ4v) is 3.70. The van der Waals surface area contributed by atoms with Crippen molar-refractivity contribution in [2.75, 3.05) is 50.7 Å². The molecule has 2 aliphatic rings. The number of nitrogens with two attached hydrogens (primary N) is 1. The van der Waals surface area contributed by atoms with Crippen LogP contribution in [0.2, 0.25) is 0 Å². The Morgan fingerprint density at radius 1 is 1.20 bits per heavy atom. The van der Waals surface area contributed by atoms with Crippen LogP contribution < -0.4 is 10.6 Å². The van der Waals surface area contributed by atoms with Crippen molar-refractivity contribution in [1.29, 1.82) is 0 Å². The molecule has 138 valence electrons. The molecule has 0 radical (unpaired) electrons. The zero-order valence-electron chi connectivity index (χ0n) is 15.5. The van der Waals surface area contributed by atoms with Gasteiger partial charge in [-0.25, -0.2) is 9.97 Å². The maximum absolute atomic E-state index is 6.27. The number of anilines is 1. The molecule has 0 amide bonds. The second-order valence-electron chi connectivity index (χ2n) is 7.41. The Labute approximate surface area is 150 Å². The third kappa shape index (κ3) is 4.81. The van der Waals surface area contributed by atoms with Gasteiger partial charge < -0.3 is 15.5 Å². The smallest absolute Gasteiger partial charge is 0.225 e. The molecule has 0 bridgehead atoms. The van der Waals surface area contributed by atoms with Gasteiger partial charge in [0, 0.05) is 51.2 Å². The predicted octanol–water partition coefficient (Wildman–Crippen LogP) is 1.03. The van der Waals surface area contributed by atoms with Crippen LogP contribution in [0.4, 0.5) is 5.95 Å². The van der Waals surface area contributed by atoms with E-state index in [1.54, 1.807) is 12.4 Å². The number of likely N-dealkylation sites (tertiary alicyclic amines) is 1. The van der Waals surface area contributed by atoms with Gasteiger partial charge >= 0.3 is 0 Å². The third-order valence-electron chi connectivity index (χ3n) is 5.00. The highest BCUT2D eigenvalue weighted by molar-refractivity contribution is 5.78. The van der Waals surface area contributed by atoms with Crippen molar-refractivity contribution in [3.63, 3.8) is 0 Å². The number of piperazine rings is 1. The molecule has 0 aliphatic carbocycles. The van der Waals surface area contributed by atoms with Gasteiger partial charge in [0.15, 0.2) is 5.96 Å². The number of hydrogen-bond acceptors (Lipinski definition) is 5. The van der Waals surface area contributed by atoms with Gasteiger partial charge in [-0.05, 0) is 31.4 Å². The Balaban J connectivity index is 1.48. The molecular formula is C18H31N7. The van der Waals surface area contributed by atoms with Crippen molar-refractivity contribution in [3.8, 4) is 0 Å². The normalized spacial score (nSPS) is 22.8. The molecule has 0 aromatic carbocycles. The number of rotatable bonds is 5. The van der Waals surface area contributed by atoms with E-state index in [9.17, 15) is 0 Å². The summed E-state index contributed by atoms with van der Waals surface area (Å²) in [5.74, 6) is 2.19. The van der Waals surface area contributed by atoms with Crippen LogP contribution >= 0.6 is 0 Å². The molecule has 2 N–H and O–H groups in total. The molecule has 2 fully saturated rings. The van der Waals surface area contributed by atoms with Crippen LogP contribution in [0.1, 0.15) is 26.7 Å². The van der Waals surface area contributed by atoms with Gasteiger partial charge in [-0.15, -0.1) is 0 Å². The minimum atomic E-state index is 0.556. The number of guanidine groups is 1. The van der Waals surface area contributed by atoms with E-state index in [1.807, 2.05) is 6.07 Å². The van der Waals surface area contributed by atoms with Crippen LogP contribution in [0.15, 0.2) is 23.5 Å². The van der Waals surface area contributed by atoms with Crippen molar-refractivity contribution in [2.45, 2.75) is 32.7 Å². The van der Waals surface area contributed by atoms with Gasteiger partial charge in [-0.2, -0.15) is 0 Å². The largest absolute Gasteiger partial charge is 0.370 e. The molecular weight excluding hydrogens is 314 g/mol. The molecule has 3 heterocycles. The van der Waals surface area contributed by atoms with E-state index in [4.69, 9.17) is 10.7 Å². The van der Waals surface area contributed by atoms with E-state index in [0.29, 0.717) is 17.9 Å². The maximum Gasteiger partial charge on any atom is 0.225 e. The van der Waals surface area contributed by atoms with E-state index in [0.717, 1.165) is 45.2 Å². The highest BCUT2D eigenvalue weighted by atomic mass is 15.4. The molecule has 7 nitrogen and oxygen atoms in total. The van der Waals surface area contributed by atoms with Crippen molar-refractivity contribution in [3.05, 3.63) is 18.5 Å². The highest BCUT2D eigenvalue weighted by Crippen LogP contribution is 2.19. The average molecular weight is 345 g/mol. The molecule has 0 saturated carbocycles. The lowest BCUT2D eigenvalue weighted by Crippen LogP contribution is -2.51. The van der Waals surface area contributed by atoms with E-state index >= 15 is 0 Å². The van der Waals surface area contributed by atoms with Crippen molar-refractivity contribution in [1.82, 2.24) is 19.8 Å². The first-order chi connectivity index (χ1) is 12.1. The highest BCUT2D eigenvalue weighted by Gasteiger charge is 2.25. The van der Waals surface area contributed by atoms with Crippen molar-refractivity contribution < 1.29 is 0 Å². The van der Waals surface area contributed by atoms with E-state index in [1.165, 1.54) is 19.4 Å². The summed E-state index contributed by atoms with van der Waals surface area (Å²) in [6.45, 7) is 11.2. The minimum Gasteiger partial charge on any atom is -0.370 e. The molecule has 7 heteroatoms. The quantitative estimate of drug-likeness (QED) is 0.635. The Hall–Kier alpha value is -1.89. The SMILES string of the molecule is CC(C)CN1CCC[C@@H]1CN=C(N)N1CCN(c2ncccn2)CC1. The molecule has 0 spiro atoms. The summed E-state index contributed by atoms with van der Waals surface area (Å²) < 4.78 is 0. The second-order valence-corrected chi connectivity index (χ2v) is 7.41. The molecule has 0 unspecified atom stereocenters. The Morgan fingerprint density at radius 2 is 1.92 bits per heavy atom. The molecule has 2 saturated heterocycles. The number of aromatic nitrogens is 2. The number of aliphatic imine (C=N–C) groups is 1. The summed E-state index contributed by atoms with van der Waals surface area (Å²) in [6.07, 6.45) is 6.09. The molecule has 1 atom stereocenters. The predicted molar refractivity (Wildman–Crippen MR) is 102 cm³/mol. The minimum absolute atomic E-state index is 0.556. The first kappa shape index (κ1) is 17.9. The molecule has 1 aromatic rings. The first-order valence-corrected chi connectivity index (χ1v) is 9.44. The Kier molecular flexibility index (Phi) is 6.07. The number of nitrogens with zero attached hydrogens (tertiary/aromatic N) is 6. The lowest BCUT2D eigenvalue weighted by molar-refractivity contribution is 0.230. The van der Waals surface area contributed by atoms with E-state index < -0.39 is 0 Å². The Bertz CT molecular complexity index is 552. The van der Waals surface area contributed by atoms with Gasteiger partial charge in [-0.1, -0.05) is 13.8 Å². The van der Waals surface area contributed by atoms with Crippen LogP contribution in [0, 0.1) is 5.92 Å². The standard InChI is InChI=1S/C18H31N7/c1-15(2)14-25-8-3-5-16(25)13-22-17(19)23-9-11-24(12-10-23)18-20-6-4-7-21-18/h4,6-7,15-16H,3,5,8-14H2,1-2H3,(H2,19,22)/t16-/m1/s1. The third-order valence-corrected chi connectivity index (χ3v) is 5.00. The Morgan fingerprint density at radius 3 is 2.60 bits per heavy atom. The summed E-state index contributed by atoms with van der Waals surface area (Å²) in [5.41, 5.74) is 6.27. The monoisotopic (exact) mass is 345 g/mol. The van der Waals surface area contributed by atoms with Gasteiger partial charge in [0.05, 0.1) is 6.54 Å². The first-order valence-electron chi connectivity index (χ1n) is 9.44. The van der Waals surface area contributed by atoms with E-state index in [-0.39, 0.29) is 0 Å². The lowest BCUT2D eigenvalue weighted by Gasteiger charge is -2.35. The van der Waals surface area contributed by atoms with Crippen LogP contribution in [-0.2, 0) is 0 Å². The number of hydrogen-bond donors (Lipinski definition) is 1. The molecule has 2 aliphatic heterocycles. The molecule has 3 rings (SSSR count). The second kappa shape index (κ2) is 8.47. The van der Waals surface area contributed by atoms with Gasteiger partial charge in [-0.3, -0.25) is 9.89 Å². The summed E-state index contributed by atoms with van der Waals surface area (Å²) in [5, 5.41) is 0. The van der Waals surface area contributed by atoms with Crippen LogP contribution in [-0.4, -0.2) is 77.6 Å². The van der Waals surface area contributed by atoms with Crippen LogP contribution in [0.5, 0.6) is 0 Å². The zero-order valence-corrected chi connectivity index (χ0v) is 15.5. The van der Waals surface area contributed by atoms with Gasteiger partial charge in [0.1, 0.15) is 0 Å². The maximum atomic E-state index is 6.27. The summed E-state index contributed by atoms with van der Waals surface area (Å²) in [6, 6.07) is 2.40. The van der Waals surface area contributed by atoms with Crippen molar-refractivity contribution >= 4 is 11.9 Å². The van der Waals surface area contributed by atoms with Gasteiger partial charge in [0.2, 0.25) is 5.95 Å².